The van der Waals surface area contributed by atoms with E-state index in [1.165, 1.54) is 0 Å². The van der Waals surface area contributed by atoms with Gasteiger partial charge < -0.3 is 10.4 Å². The summed E-state index contributed by atoms with van der Waals surface area (Å²) in [4.78, 5) is 15.7. The lowest BCUT2D eigenvalue weighted by molar-refractivity contribution is -0.138. The maximum atomic E-state index is 11.4. The number of benzene rings is 1. The second-order valence-electron chi connectivity index (χ2n) is 5.55. The predicted molar refractivity (Wildman–Crippen MR) is 81.0 cm³/mol. The molecule has 4 heteroatoms. The van der Waals surface area contributed by atoms with E-state index in [2.05, 4.69) is 10.3 Å². The molecule has 1 aromatic heterocycles. The van der Waals surface area contributed by atoms with Crippen molar-refractivity contribution in [2.24, 2.45) is 5.92 Å². The van der Waals surface area contributed by atoms with Gasteiger partial charge in [0.15, 0.2) is 0 Å². The summed E-state index contributed by atoms with van der Waals surface area (Å²) in [6.45, 7) is 6.04. The van der Waals surface area contributed by atoms with Crippen LogP contribution in [-0.4, -0.2) is 22.1 Å². The van der Waals surface area contributed by atoms with Crippen LogP contribution in [0.15, 0.2) is 30.5 Å². The van der Waals surface area contributed by atoms with Gasteiger partial charge in [0.1, 0.15) is 11.9 Å². The second-order valence-corrected chi connectivity index (χ2v) is 5.55. The molecule has 2 N–H and O–H groups in total. The van der Waals surface area contributed by atoms with Crippen LogP contribution in [0.25, 0.3) is 10.8 Å². The van der Waals surface area contributed by atoms with Crippen LogP contribution in [0.2, 0.25) is 0 Å². The number of nitrogens with zero attached hydrogens (tertiary/aromatic N) is 1. The van der Waals surface area contributed by atoms with Gasteiger partial charge in [0.2, 0.25) is 0 Å². The summed E-state index contributed by atoms with van der Waals surface area (Å²) in [5.41, 5.74) is 1.13. The van der Waals surface area contributed by atoms with Crippen molar-refractivity contribution < 1.29 is 9.90 Å². The molecule has 1 atom stereocenters. The van der Waals surface area contributed by atoms with Crippen molar-refractivity contribution >= 4 is 22.6 Å². The van der Waals surface area contributed by atoms with Crippen molar-refractivity contribution in [1.82, 2.24) is 4.98 Å². The average molecular weight is 272 g/mol. The topological polar surface area (TPSA) is 62.2 Å². The molecule has 2 rings (SSSR count). The van der Waals surface area contributed by atoms with E-state index in [4.69, 9.17) is 0 Å². The van der Waals surface area contributed by atoms with E-state index in [1.807, 2.05) is 45.0 Å². The number of carbonyl (C=O) groups is 1. The van der Waals surface area contributed by atoms with Crippen molar-refractivity contribution in [3.63, 3.8) is 0 Å². The minimum Gasteiger partial charge on any atom is -0.480 e. The first-order chi connectivity index (χ1) is 9.47. The van der Waals surface area contributed by atoms with Crippen molar-refractivity contribution in [1.29, 1.82) is 0 Å². The van der Waals surface area contributed by atoms with E-state index < -0.39 is 12.0 Å². The molecule has 0 saturated heterocycles. The fourth-order valence-electron chi connectivity index (χ4n) is 2.26. The van der Waals surface area contributed by atoms with Crippen LogP contribution < -0.4 is 5.32 Å². The lowest BCUT2D eigenvalue weighted by Crippen LogP contribution is -2.31. The Bertz CT molecular complexity index is 623. The third-order valence-electron chi connectivity index (χ3n) is 3.24. The van der Waals surface area contributed by atoms with Gasteiger partial charge in [0.05, 0.1) is 0 Å². The Labute approximate surface area is 118 Å². The van der Waals surface area contributed by atoms with Gasteiger partial charge in [-0.1, -0.05) is 31.5 Å². The molecule has 0 aliphatic heterocycles. The van der Waals surface area contributed by atoms with E-state index in [0.29, 0.717) is 18.2 Å². The summed E-state index contributed by atoms with van der Waals surface area (Å²) < 4.78 is 0. The smallest absolute Gasteiger partial charge is 0.326 e. The van der Waals surface area contributed by atoms with Gasteiger partial charge in [-0.3, -0.25) is 0 Å². The molecule has 0 bridgehead atoms. The van der Waals surface area contributed by atoms with Gasteiger partial charge in [-0.25, -0.2) is 9.78 Å². The molecule has 20 heavy (non-hydrogen) atoms. The first-order valence-corrected chi connectivity index (χ1v) is 6.82. The Morgan fingerprint density at radius 1 is 1.35 bits per heavy atom. The molecule has 0 saturated carbocycles. The first kappa shape index (κ1) is 14.3. The number of fused-ring (bicyclic) bond motifs is 1. The lowest BCUT2D eigenvalue weighted by Gasteiger charge is -2.18. The molecular formula is C16H20N2O2. The summed E-state index contributed by atoms with van der Waals surface area (Å²) in [7, 11) is 0. The van der Waals surface area contributed by atoms with Crippen LogP contribution in [0.4, 0.5) is 5.82 Å². The SMILES string of the molecule is Cc1ccc2ccnc(NC(CC(C)C)C(=O)O)c2c1. The molecule has 4 nitrogen and oxygen atoms in total. The number of aliphatic carboxylic acids is 1. The minimum absolute atomic E-state index is 0.306. The van der Waals surface area contributed by atoms with Crippen molar-refractivity contribution in [3.8, 4) is 0 Å². The maximum Gasteiger partial charge on any atom is 0.326 e. The summed E-state index contributed by atoms with van der Waals surface area (Å²) in [5, 5.41) is 14.4. The standard InChI is InChI=1S/C16H20N2O2/c1-10(2)8-14(16(19)20)18-15-13-9-11(3)4-5-12(13)6-7-17-15/h4-7,9-10,14H,8H2,1-3H3,(H,17,18)(H,19,20). The zero-order valence-electron chi connectivity index (χ0n) is 12.1. The van der Waals surface area contributed by atoms with E-state index >= 15 is 0 Å². The fourth-order valence-corrected chi connectivity index (χ4v) is 2.26. The van der Waals surface area contributed by atoms with Crippen LogP contribution in [0.3, 0.4) is 0 Å². The fraction of sp³-hybridized carbons (Fsp3) is 0.375. The molecule has 0 fully saturated rings. The number of anilines is 1. The van der Waals surface area contributed by atoms with E-state index in [9.17, 15) is 9.90 Å². The number of aryl methyl sites for hydroxylation is 1. The number of carboxylic acids is 1. The highest BCUT2D eigenvalue weighted by atomic mass is 16.4. The molecule has 1 aromatic carbocycles. The number of hydrogen-bond donors (Lipinski definition) is 2. The van der Waals surface area contributed by atoms with Crippen LogP contribution in [0, 0.1) is 12.8 Å². The molecule has 0 spiro atoms. The highest BCUT2D eigenvalue weighted by molar-refractivity contribution is 5.93. The summed E-state index contributed by atoms with van der Waals surface area (Å²) >= 11 is 0. The molecule has 106 valence electrons. The number of nitrogens with one attached hydrogen (secondary N) is 1. The molecule has 1 unspecified atom stereocenters. The molecule has 0 radical (unpaired) electrons. The average Bonchev–Trinajstić information content (AvgIpc) is 2.38. The van der Waals surface area contributed by atoms with E-state index in [0.717, 1.165) is 16.3 Å². The highest BCUT2D eigenvalue weighted by Gasteiger charge is 2.19. The molecule has 0 amide bonds. The Balaban J connectivity index is 2.36. The molecule has 1 heterocycles. The largest absolute Gasteiger partial charge is 0.480 e. The number of pyridine rings is 1. The Hall–Kier alpha value is -2.10. The Kier molecular flexibility index (Phi) is 4.23. The van der Waals surface area contributed by atoms with Gasteiger partial charge >= 0.3 is 5.97 Å². The Morgan fingerprint density at radius 2 is 2.10 bits per heavy atom. The van der Waals surface area contributed by atoms with Gasteiger partial charge in [0.25, 0.3) is 0 Å². The highest BCUT2D eigenvalue weighted by Crippen LogP contribution is 2.23. The number of hydrogen-bond acceptors (Lipinski definition) is 3. The number of rotatable bonds is 5. The number of carboxylic acid groups (broad SMARTS) is 1. The van der Waals surface area contributed by atoms with Gasteiger partial charge in [-0.15, -0.1) is 0 Å². The van der Waals surface area contributed by atoms with Gasteiger partial charge in [-0.2, -0.15) is 0 Å². The zero-order valence-corrected chi connectivity index (χ0v) is 12.1. The van der Waals surface area contributed by atoms with Crippen LogP contribution in [0.5, 0.6) is 0 Å². The van der Waals surface area contributed by atoms with E-state index in [-0.39, 0.29) is 0 Å². The normalized spacial score (nSPS) is 12.6. The predicted octanol–water partition coefficient (Wildman–Crippen LogP) is 3.45. The zero-order chi connectivity index (χ0) is 14.7. The second kappa shape index (κ2) is 5.90. The molecular weight excluding hydrogens is 252 g/mol. The summed E-state index contributed by atoms with van der Waals surface area (Å²) in [6, 6.07) is 7.40. The van der Waals surface area contributed by atoms with Crippen molar-refractivity contribution in [3.05, 3.63) is 36.0 Å². The van der Waals surface area contributed by atoms with Gasteiger partial charge in [-0.05, 0) is 36.8 Å². The third kappa shape index (κ3) is 3.26. The third-order valence-corrected chi connectivity index (χ3v) is 3.24. The monoisotopic (exact) mass is 272 g/mol. The molecule has 0 aliphatic carbocycles. The first-order valence-electron chi connectivity index (χ1n) is 6.82. The van der Waals surface area contributed by atoms with Crippen molar-refractivity contribution in [2.75, 3.05) is 5.32 Å². The summed E-state index contributed by atoms with van der Waals surface area (Å²) in [6.07, 6.45) is 2.27. The minimum atomic E-state index is -0.842. The van der Waals surface area contributed by atoms with Gasteiger partial charge in [0, 0.05) is 11.6 Å². The number of aromatic nitrogens is 1. The van der Waals surface area contributed by atoms with Crippen LogP contribution >= 0.6 is 0 Å². The van der Waals surface area contributed by atoms with Crippen LogP contribution in [0.1, 0.15) is 25.8 Å². The van der Waals surface area contributed by atoms with E-state index in [1.54, 1.807) is 6.20 Å². The van der Waals surface area contributed by atoms with Crippen LogP contribution in [-0.2, 0) is 4.79 Å². The molecule has 0 aliphatic rings. The molecule has 2 aromatic rings. The maximum absolute atomic E-state index is 11.4. The summed E-state index contributed by atoms with van der Waals surface area (Å²) in [5.74, 6) is 0.102. The quantitative estimate of drug-likeness (QED) is 0.875. The lowest BCUT2D eigenvalue weighted by atomic mass is 10.0. The van der Waals surface area contributed by atoms with Crippen molar-refractivity contribution in [2.45, 2.75) is 33.2 Å². The Morgan fingerprint density at radius 3 is 2.75 bits per heavy atom.